The van der Waals surface area contributed by atoms with Gasteiger partial charge in [0.15, 0.2) is 11.5 Å². The Bertz CT molecular complexity index is 414. The molecule has 0 aliphatic carbocycles. The monoisotopic (exact) mass is 279 g/mol. The molecule has 2 atom stereocenters. The van der Waals surface area contributed by atoms with E-state index in [9.17, 15) is 0 Å². The topological polar surface area (TPSA) is 53.7 Å². The van der Waals surface area contributed by atoms with Gasteiger partial charge in [-0.1, -0.05) is 6.07 Å². The fourth-order valence-electron chi connectivity index (χ4n) is 2.45. The Balaban J connectivity index is 1.82. The van der Waals surface area contributed by atoms with Gasteiger partial charge in [-0.05, 0) is 50.3 Å². The molecule has 1 heterocycles. The van der Waals surface area contributed by atoms with Crippen molar-refractivity contribution in [1.29, 1.82) is 0 Å². The van der Waals surface area contributed by atoms with Gasteiger partial charge in [-0.25, -0.2) is 0 Å². The molecule has 1 aliphatic rings. The summed E-state index contributed by atoms with van der Waals surface area (Å²) in [4.78, 5) is 0. The summed E-state index contributed by atoms with van der Waals surface area (Å²) >= 11 is 0. The second-order valence-electron chi connectivity index (χ2n) is 5.32. The molecule has 4 nitrogen and oxygen atoms in total. The van der Waals surface area contributed by atoms with Crippen LogP contribution in [0.5, 0.6) is 11.5 Å². The van der Waals surface area contributed by atoms with Gasteiger partial charge < -0.3 is 19.9 Å². The van der Waals surface area contributed by atoms with Crippen molar-refractivity contribution in [3.63, 3.8) is 0 Å². The Morgan fingerprint density at radius 3 is 2.90 bits per heavy atom. The first-order valence-electron chi connectivity index (χ1n) is 7.38. The lowest BCUT2D eigenvalue weighted by Gasteiger charge is -2.14. The van der Waals surface area contributed by atoms with E-state index in [-0.39, 0.29) is 6.04 Å². The van der Waals surface area contributed by atoms with E-state index in [1.54, 1.807) is 7.11 Å². The van der Waals surface area contributed by atoms with Crippen molar-refractivity contribution in [3.8, 4) is 11.5 Å². The van der Waals surface area contributed by atoms with E-state index in [0.29, 0.717) is 12.7 Å². The fraction of sp³-hybridized carbons (Fsp3) is 0.625. The molecule has 0 radical (unpaired) electrons. The van der Waals surface area contributed by atoms with E-state index in [0.717, 1.165) is 36.5 Å². The van der Waals surface area contributed by atoms with Crippen LogP contribution in [0, 0.1) is 0 Å². The Labute approximate surface area is 121 Å². The van der Waals surface area contributed by atoms with E-state index >= 15 is 0 Å². The summed E-state index contributed by atoms with van der Waals surface area (Å²) in [6, 6.07) is 5.86. The molecular weight excluding hydrogens is 254 g/mol. The van der Waals surface area contributed by atoms with Crippen LogP contribution in [0.1, 0.15) is 44.2 Å². The van der Waals surface area contributed by atoms with Crippen molar-refractivity contribution >= 4 is 0 Å². The zero-order chi connectivity index (χ0) is 14.4. The maximum absolute atomic E-state index is 5.87. The van der Waals surface area contributed by atoms with Crippen LogP contribution in [-0.4, -0.2) is 26.4 Å². The Hall–Kier alpha value is -1.26. The number of hydrogen-bond donors (Lipinski definition) is 1. The highest BCUT2D eigenvalue weighted by atomic mass is 16.5. The minimum Gasteiger partial charge on any atom is -0.493 e. The van der Waals surface area contributed by atoms with Crippen LogP contribution in [-0.2, 0) is 4.74 Å². The molecular formula is C16H25NO3. The molecule has 0 aromatic heterocycles. The van der Waals surface area contributed by atoms with E-state index in [2.05, 4.69) is 0 Å². The molecule has 1 aromatic carbocycles. The summed E-state index contributed by atoms with van der Waals surface area (Å²) in [6.07, 6.45) is 4.88. The predicted octanol–water partition coefficient (Wildman–Crippen LogP) is 3.05. The molecule has 4 heteroatoms. The van der Waals surface area contributed by atoms with Crippen LogP contribution in [0.3, 0.4) is 0 Å². The van der Waals surface area contributed by atoms with Gasteiger partial charge in [0.25, 0.3) is 0 Å². The van der Waals surface area contributed by atoms with Gasteiger partial charge >= 0.3 is 0 Å². The summed E-state index contributed by atoms with van der Waals surface area (Å²) in [7, 11) is 1.65. The second kappa shape index (κ2) is 7.50. The minimum atomic E-state index is -0.00235. The maximum atomic E-state index is 5.87. The second-order valence-corrected chi connectivity index (χ2v) is 5.32. The van der Waals surface area contributed by atoms with Gasteiger partial charge in [0.05, 0.1) is 19.8 Å². The number of benzene rings is 1. The summed E-state index contributed by atoms with van der Waals surface area (Å²) in [5.74, 6) is 1.53. The molecule has 1 aliphatic heterocycles. The quantitative estimate of drug-likeness (QED) is 0.779. The van der Waals surface area contributed by atoms with Gasteiger partial charge in [0, 0.05) is 12.6 Å². The fourth-order valence-corrected chi connectivity index (χ4v) is 2.45. The molecule has 0 bridgehead atoms. The first-order valence-corrected chi connectivity index (χ1v) is 7.38. The van der Waals surface area contributed by atoms with Crippen molar-refractivity contribution in [2.45, 2.75) is 44.8 Å². The van der Waals surface area contributed by atoms with Gasteiger partial charge in [-0.15, -0.1) is 0 Å². The van der Waals surface area contributed by atoms with Crippen LogP contribution < -0.4 is 15.2 Å². The van der Waals surface area contributed by atoms with Crippen molar-refractivity contribution in [3.05, 3.63) is 23.8 Å². The molecule has 2 N–H and O–H groups in total. The lowest BCUT2D eigenvalue weighted by molar-refractivity contribution is 0.0980. The number of rotatable bonds is 7. The average molecular weight is 279 g/mol. The van der Waals surface area contributed by atoms with Gasteiger partial charge in [0.1, 0.15) is 0 Å². The van der Waals surface area contributed by atoms with Crippen LogP contribution in [0.2, 0.25) is 0 Å². The van der Waals surface area contributed by atoms with E-state index in [4.69, 9.17) is 19.9 Å². The van der Waals surface area contributed by atoms with Crippen LogP contribution >= 0.6 is 0 Å². The van der Waals surface area contributed by atoms with Crippen molar-refractivity contribution in [1.82, 2.24) is 0 Å². The number of ether oxygens (including phenoxy) is 3. The molecule has 1 aromatic rings. The highest BCUT2D eigenvalue weighted by Crippen LogP contribution is 2.30. The predicted molar refractivity (Wildman–Crippen MR) is 79.3 cm³/mol. The smallest absolute Gasteiger partial charge is 0.161 e. The number of nitrogens with two attached hydrogens (primary N) is 1. The number of hydrogen-bond acceptors (Lipinski definition) is 4. The highest BCUT2D eigenvalue weighted by Gasteiger charge is 2.15. The first kappa shape index (κ1) is 15.1. The van der Waals surface area contributed by atoms with Crippen molar-refractivity contribution < 1.29 is 14.2 Å². The molecule has 112 valence electrons. The van der Waals surface area contributed by atoms with Crippen molar-refractivity contribution in [2.24, 2.45) is 5.73 Å². The summed E-state index contributed by atoms with van der Waals surface area (Å²) in [5, 5.41) is 0. The van der Waals surface area contributed by atoms with E-state index < -0.39 is 0 Å². The van der Waals surface area contributed by atoms with E-state index in [1.165, 1.54) is 12.8 Å². The maximum Gasteiger partial charge on any atom is 0.161 e. The van der Waals surface area contributed by atoms with Crippen LogP contribution in [0.25, 0.3) is 0 Å². The Morgan fingerprint density at radius 1 is 1.40 bits per heavy atom. The first-order chi connectivity index (χ1) is 9.70. The Morgan fingerprint density at radius 2 is 2.25 bits per heavy atom. The SMILES string of the molecule is COc1cc([C@H](C)N)ccc1OCCCC1CCCO1. The standard InChI is InChI=1S/C16H25NO3/c1-12(17)13-7-8-15(16(11-13)18-2)20-10-4-6-14-5-3-9-19-14/h7-8,11-12,14H,3-6,9-10,17H2,1-2H3/t12-,14?/m0/s1. The van der Waals surface area contributed by atoms with Gasteiger partial charge in [0.2, 0.25) is 0 Å². The third kappa shape index (κ3) is 4.12. The summed E-state index contributed by atoms with van der Waals surface area (Å²) in [6.45, 7) is 3.56. The summed E-state index contributed by atoms with van der Waals surface area (Å²) < 4.78 is 16.8. The van der Waals surface area contributed by atoms with E-state index in [1.807, 2.05) is 25.1 Å². The largest absolute Gasteiger partial charge is 0.493 e. The molecule has 0 amide bonds. The normalized spacial score (nSPS) is 19.9. The number of methoxy groups -OCH3 is 1. The molecule has 0 spiro atoms. The van der Waals surface area contributed by atoms with Crippen LogP contribution in [0.4, 0.5) is 0 Å². The van der Waals surface area contributed by atoms with Crippen LogP contribution in [0.15, 0.2) is 18.2 Å². The van der Waals surface area contributed by atoms with Gasteiger partial charge in [-0.3, -0.25) is 0 Å². The molecule has 0 saturated carbocycles. The lowest BCUT2D eigenvalue weighted by atomic mass is 10.1. The molecule has 1 unspecified atom stereocenters. The molecule has 20 heavy (non-hydrogen) atoms. The lowest BCUT2D eigenvalue weighted by Crippen LogP contribution is -2.08. The minimum absolute atomic E-state index is 0.00235. The zero-order valence-electron chi connectivity index (χ0n) is 12.4. The zero-order valence-corrected chi connectivity index (χ0v) is 12.4. The average Bonchev–Trinajstić information content (AvgIpc) is 2.96. The van der Waals surface area contributed by atoms with Crippen molar-refractivity contribution in [2.75, 3.05) is 20.3 Å². The third-order valence-corrected chi connectivity index (χ3v) is 3.67. The van der Waals surface area contributed by atoms with Gasteiger partial charge in [-0.2, -0.15) is 0 Å². The Kier molecular flexibility index (Phi) is 5.68. The molecule has 1 fully saturated rings. The highest BCUT2D eigenvalue weighted by molar-refractivity contribution is 5.43. The molecule has 2 rings (SSSR count). The third-order valence-electron chi connectivity index (χ3n) is 3.67. The summed E-state index contributed by atoms with van der Waals surface area (Å²) in [5.41, 5.74) is 6.92. The molecule has 1 saturated heterocycles.